The van der Waals surface area contributed by atoms with E-state index >= 15 is 0 Å². The van der Waals surface area contributed by atoms with Crippen LogP contribution in [-0.4, -0.2) is 32.2 Å². The number of aromatic nitrogens is 3. The highest BCUT2D eigenvalue weighted by Crippen LogP contribution is 2.17. The van der Waals surface area contributed by atoms with Gasteiger partial charge < -0.3 is 10.4 Å². The molecule has 1 aromatic heterocycles. The zero-order valence-corrected chi connectivity index (χ0v) is 9.77. The molecule has 8 heteroatoms. The first-order valence-electron chi connectivity index (χ1n) is 5.20. The van der Waals surface area contributed by atoms with E-state index in [1.54, 1.807) is 6.92 Å². The number of hydrogen-bond donors (Lipinski definition) is 3. The van der Waals surface area contributed by atoms with Crippen molar-refractivity contribution >= 4 is 17.6 Å². The number of anilines is 1. The Labute approximate surface area is 106 Å². The number of carbonyl (C=O) groups excluding carboxylic acids is 1. The molecule has 0 aliphatic heterocycles. The van der Waals surface area contributed by atoms with Gasteiger partial charge in [-0.15, -0.1) is 5.10 Å². The zero-order valence-electron chi connectivity index (χ0n) is 9.77. The average Bonchev–Trinajstić information content (AvgIpc) is 2.78. The Bertz CT molecular complexity index is 653. The maximum absolute atomic E-state index is 13.0. The van der Waals surface area contributed by atoms with E-state index in [1.807, 2.05) is 0 Å². The molecule has 1 amide bonds. The summed E-state index contributed by atoms with van der Waals surface area (Å²) in [5, 5.41) is 17.4. The number of aryl methyl sites for hydroxylation is 1. The predicted octanol–water partition coefficient (Wildman–Crippen LogP) is 1.20. The minimum absolute atomic E-state index is 0.0265. The number of aromatic carboxylic acids is 1. The number of nitrogens with zero attached hydrogens (tertiary/aromatic N) is 2. The number of nitrogens with one attached hydrogen (secondary N) is 2. The minimum Gasteiger partial charge on any atom is -0.478 e. The molecule has 0 saturated carbocycles. The smallest absolute Gasteiger partial charge is 0.337 e. The fourth-order valence-corrected chi connectivity index (χ4v) is 1.42. The third kappa shape index (κ3) is 2.73. The van der Waals surface area contributed by atoms with E-state index in [-0.39, 0.29) is 17.1 Å². The van der Waals surface area contributed by atoms with Crippen molar-refractivity contribution < 1.29 is 19.1 Å². The van der Waals surface area contributed by atoms with Gasteiger partial charge in [-0.2, -0.15) is 0 Å². The molecule has 0 aliphatic rings. The van der Waals surface area contributed by atoms with Crippen LogP contribution in [0, 0.1) is 12.7 Å². The van der Waals surface area contributed by atoms with Crippen molar-refractivity contribution in [1.82, 2.24) is 15.2 Å². The van der Waals surface area contributed by atoms with Gasteiger partial charge >= 0.3 is 5.97 Å². The summed E-state index contributed by atoms with van der Waals surface area (Å²) in [5.41, 5.74) is -0.373. The van der Waals surface area contributed by atoms with Gasteiger partial charge in [0.15, 0.2) is 0 Å². The van der Waals surface area contributed by atoms with Crippen molar-refractivity contribution in [2.24, 2.45) is 0 Å². The second-order valence-corrected chi connectivity index (χ2v) is 3.69. The summed E-state index contributed by atoms with van der Waals surface area (Å²) in [4.78, 5) is 26.5. The third-order valence-corrected chi connectivity index (χ3v) is 2.26. The second kappa shape index (κ2) is 4.84. The predicted molar refractivity (Wildman–Crippen MR) is 62.4 cm³/mol. The minimum atomic E-state index is -1.35. The molecule has 0 saturated heterocycles. The molecule has 7 nitrogen and oxygen atoms in total. The lowest BCUT2D eigenvalue weighted by molar-refractivity contribution is 0.0697. The number of rotatable bonds is 3. The van der Waals surface area contributed by atoms with Gasteiger partial charge in [0, 0.05) is 0 Å². The highest BCUT2D eigenvalue weighted by atomic mass is 19.1. The van der Waals surface area contributed by atoms with E-state index in [4.69, 9.17) is 5.11 Å². The first-order chi connectivity index (χ1) is 8.97. The van der Waals surface area contributed by atoms with Crippen molar-refractivity contribution in [2.75, 3.05) is 5.32 Å². The summed E-state index contributed by atoms with van der Waals surface area (Å²) in [5.74, 6) is -2.41. The molecule has 0 fully saturated rings. The van der Waals surface area contributed by atoms with Crippen LogP contribution in [0.3, 0.4) is 0 Å². The standard InChI is InChI=1S/C11H9FN4O3/c1-5-13-9(16-15-5)10(17)14-8-3-2-6(12)4-7(8)11(18)19/h2-4H,1H3,(H,14,17)(H,18,19)(H,13,15,16). The van der Waals surface area contributed by atoms with Crippen LogP contribution in [0.1, 0.15) is 26.8 Å². The largest absolute Gasteiger partial charge is 0.478 e. The van der Waals surface area contributed by atoms with E-state index in [2.05, 4.69) is 20.5 Å². The van der Waals surface area contributed by atoms with Crippen molar-refractivity contribution in [3.05, 3.63) is 41.2 Å². The van der Waals surface area contributed by atoms with Crippen LogP contribution < -0.4 is 5.32 Å². The molecular weight excluding hydrogens is 255 g/mol. The Hall–Kier alpha value is -2.77. The number of amides is 1. The topological polar surface area (TPSA) is 108 Å². The first-order valence-corrected chi connectivity index (χ1v) is 5.20. The maximum Gasteiger partial charge on any atom is 0.337 e. The fraction of sp³-hybridized carbons (Fsp3) is 0.0909. The Morgan fingerprint density at radius 1 is 1.42 bits per heavy atom. The molecule has 2 rings (SSSR count). The Kier molecular flexibility index (Phi) is 3.23. The van der Waals surface area contributed by atoms with Crippen molar-refractivity contribution in [3.8, 4) is 0 Å². The number of carboxylic acids is 1. The molecule has 0 aliphatic carbocycles. The second-order valence-electron chi connectivity index (χ2n) is 3.69. The lowest BCUT2D eigenvalue weighted by Crippen LogP contribution is -2.16. The number of H-pyrrole nitrogens is 1. The average molecular weight is 264 g/mol. The molecule has 19 heavy (non-hydrogen) atoms. The number of halogens is 1. The number of hydrogen-bond acceptors (Lipinski definition) is 4. The number of carboxylic acid groups (broad SMARTS) is 1. The molecule has 98 valence electrons. The highest BCUT2D eigenvalue weighted by Gasteiger charge is 2.16. The van der Waals surface area contributed by atoms with E-state index in [9.17, 15) is 14.0 Å². The fourth-order valence-electron chi connectivity index (χ4n) is 1.42. The van der Waals surface area contributed by atoms with Gasteiger partial charge in [-0.1, -0.05) is 0 Å². The van der Waals surface area contributed by atoms with Crippen LogP contribution in [0.2, 0.25) is 0 Å². The lowest BCUT2D eigenvalue weighted by atomic mass is 10.1. The lowest BCUT2D eigenvalue weighted by Gasteiger charge is -2.06. The van der Waals surface area contributed by atoms with E-state index in [0.717, 1.165) is 18.2 Å². The molecule has 2 aromatic rings. The Balaban J connectivity index is 2.28. The molecule has 0 spiro atoms. The van der Waals surface area contributed by atoms with Crippen molar-refractivity contribution in [1.29, 1.82) is 0 Å². The summed E-state index contributed by atoms with van der Waals surface area (Å²) < 4.78 is 13.0. The zero-order chi connectivity index (χ0) is 14.0. The van der Waals surface area contributed by atoms with Crippen LogP contribution in [0.5, 0.6) is 0 Å². The Morgan fingerprint density at radius 3 is 2.74 bits per heavy atom. The molecule has 0 atom stereocenters. The van der Waals surface area contributed by atoms with Gasteiger partial charge in [0.05, 0.1) is 11.3 Å². The van der Waals surface area contributed by atoms with Crippen LogP contribution in [0.25, 0.3) is 0 Å². The number of aromatic amines is 1. The number of benzene rings is 1. The summed E-state index contributed by atoms with van der Waals surface area (Å²) >= 11 is 0. The highest BCUT2D eigenvalue weighted by molar-refractivity contribution is 6.05. The summed E-state index contributed by atoms with van der Waals surface area (Å²) in [6, 6.07) is 3.03. The van der Waals surface area contributed by atoms with Crippen LogP contribution in [0.15, 0.2) is 18.2 Å². The van der Waals surface area contributed by atoms with E-state index in [1.165, 1.54) is 0 Å². The molecule has 1 aromatic carbocycles. The van der Waals surface area contributed by atoms with Gasteiger partial charge in [-0.3, -0.25) is 9.89 Å². The van der Waals surface area contributed by atoms with Crippen LogP contribution in [0.4, 0.5) is 10.1 Å². The number of carbonyl (C=O) groups is 2. The monoisotopic (exact) mass is 264 g/mol. The van der Waals surface area contributed by atoms with Gasteiger partial charge in [0.2, 0.25) is 5.82 Å². The first kappa shape index (κ1) is 12.7. The van der Waals surface area contributed by atoms with Gasteiger partial charge in [0.1, 0.15) is 11.6 Å². The van der Waals surface area contributed by atoms with E-state index < -0.39 is 17.7 Å². The quantitative estimate of drug-likeness (QED) is 0.772. The van der Waals surface area contributed by atoms with Crippen LogP contribution in [-0.2, 0) is 0 Å². The summed E-state index contributed by atoms with van der Waals surface area (Å²) in [6.45, 7) is 1.62. The Morgan fingerprint density at radius 2 is 2.16 bits per heavy atom. The maximum atomic E-state index is 13.0. The molecular formula is C11H9FN4O3. The van der Waals surface area contributed by atoms with Gasteiger partial charge in [-0.25, -0.2) is 14.2 Å². The van der Waals surface area contributed by atoms with Crippen molar-refractivity contribution in [3.63, 3.8) is 0 Å². The molecule has 0 unspecified atom stereocenters. The normalized spacial score (nSPS) is 10.2. The summed E-state index contributed by atoms with van der Waals surface area (Å²) in [6.07, 6.45) is 0. The molecule has 0 bridgehead atoms. The van der Waals surface area contributed by atoms with Crippen molar-refractivity contribution in [2.45, 2.75) is 6.92 Å². The molecule has 1 heterocycles. The summed E-state index contributed by atoms with van der Waals surface area (Å²) in [7, 11) is 0. The SMILES string of the molecule is Cc1nc(C(=O)Nc2ccc(F)cc2C(=O)O)n[nH]1. The van der Waals surface area contributed by atoms with E-state index in [0.29, 0.717) is 5.82 Å². The van der Waals surface area contributed by atoms with Crippen LogP contribution >= 0.6 is 0 Å². The van der Waals surface area contributed by atoms with Gasteiger partial charge in [0.25, 0.3) is 5.91 Å². The third-order valence-electron chi connectivity index (χ3n) is 2.26. The molecule has 0 radical (unpaired) electrons. The van der Waals surface area contributed by atoms with Gasteiger partial charge in [-0.05, 0) is 25.1 Å². The molecule has 3 N–H and O–H groups in total.